The first-order valence-electron chi connectivity index (χ1n) is 8.46. The first-order chi connectivity index (χ1) is 13.4. The van der Waals surface area contributed by atoms with Gasteiger partial charge in [0, 0.05) is 12.6 Å². The molecule has 7 nitrogen and oxygen atoms in total. The van der Waals surface area contributed by atoms with Crippen molar-refractivity contribution in [2.75, 3.05) is 14.2 Å². The molecule has 0 aliphatic heterocycles. The lowest BCUT2D eigenvalue weighted by Gasteiger charge is -2.18. The molecule has 1 heterocycles. The number of rotatable bonds is 7. The lowest BCUT2D eigenvalue weighted by Crippen LogP contribution is -2.30. The largest absolute Gasteiger partial charge is 0.467 e. The molecule has 3 rings (SSSR count). The Kier molecular flexibility index (Phi) is 5.93. The summed E-state index contributed by atoms with van der Waals surface area (Å²) in [6.07, 6.45) is 1.53. The van der Waals surface area contributed by atoms with Crippen LogP contribution in [0.5, 0.6) is 0 Å². The number of amides is 1. The molecule has 0 bridgehead atoms. The van der Waals surface area contributed by atoms with Gasteiger partial charge in [0.1, 0.15) is 11.8 Å². The average molecular weight is 400 g/mol. The number of benzene rings is 2. The van der Waals surface area contributed by atoms with Gasteiger partial charge in [-0.3, -0.25) is 9.63 Å². The third-order valence-corrected chi connectivity index (χ3v) is 5.90. The van der Waals surface area contributed by atoms with E-state index in [0.29, 0.717) is 5.76 Å². The van der Waals surface area contributed by atoms with Crippen molar-refractivity contribution in [2.45, 2.75) is 10.9 Å². The van der Waals surface area contributed by atoms with Crippen LogP contribution in [-0.4, -0.2) is 33.0 Å². The SMILES string of the molecule is CON(C)S(=O)(=O)c1cccc(C(=O)NC(c2ccccc2)c2ccco2)c1. The molecule has 0 radical (unpaired) electrons. The summed E-state index contributed by atoms with van der Waals surface area (Å²) >= 11 is 0. The number of nitrogens with zero attached hydrogens (tertiary/aromatic N) is 1. The Labute approximate surface area is 163 Å². The summed E-state index contributed by atoms with van der Waals surface area (Å²) < 4.78 is 31.1. The molecule has 2 aromatic carbocycles. The van der Waals surface area contributed by atoms with Crippen LogP contribution in [0.3, 0.4) is 0 Å². The van der Waals surface area contributed by atoms with Crippen LogP contribution in [0.1, 0.15) is 27.7 Å². The number of hydrogen-bond acceptors (Lipinski definition) is 5. The van der Waals surface area contributed by atoms with E-state index in [9.17, 15) is 13.2 Å². The normalized spacial score (nSPS) is 12.7. The second kappa shape index (κ2) is 8.39. The smallest absolute Gasteiger partial charge is 0.264 e. The van der Waals surface area contributed by atoms with E-state index < -0.39 is 22.0 Å². The van der Waals surface area contributed by atoms with E-state index in [2.05, 4.69) is 5.32 Å². The predicted molar refractivity (Wildman–Crippen MR) is 103 cm³/mol. The molecule has 0 aliphatic carbocycles. The Bertz CT molecular complexity index is 1030. The number of hydroxylamine groups is 1. The van der Waals surface area contributed by atoms with Crippen LogP contribution >= 0.6 is 0 Å². The zero-order chi connectivity index (χ0) is 20.1. The second-order valence-corrected chi connectivity index (χ2v) is 7.89. The van der Waals surface area contributed by atoms with E-state index in [-0.39, 0.29) is 10.5 Å². The van der Waals surface area contributed by atoms with Crippen LogP contribution in [0, 0.1) is 0 Å². The van der Waals surface area contributed by atoms with Crippen molar-refractivity contribution in [3.05, 3.63) is 89.9 Å². The molecule has 1 aromatic heterocycles. The summed E-state index contributed by atoms with van der Waals surface area (Å²) in [5.74, 6) is 0.143. The molecule has 0 saturated heterocycles. The van der Waals surface area contributed by atoms with Crippen molar-refractivity contribution >= 4 is 15.9 Å². The Morgan fingerprint density at radius 3 is 2.46 bits per heavy atom. The molecule has 1 N–H and O–H groups in total. The lowest BCUT2D eigenvalue weighted by molar-refractivity contribution is -0.0258. The number of sulfonamides is 1. The molecule has 1 amide bonds. The van der Waals surface area contributed by atoms with Crippen LogP contribution in [-0.2, 0) is 14.9 Å². The molecular formula is C20H20N2O5S. The van der Waals surface area contributed by atoms with Gasteiger partial charge >= 0.3 is 0 Å². The zero-order valence-corrected chi connectivity index (χ0v) is 16.2. The van der Waals surface area contributed by atoms with Gasteiger partial charge in [0.05, 0.1) is 18.3 Å². The van der Waals surface area contributed by atoms with Crippen LogP contribution in [0.15, 0.2) is 82.3 Å². The molecule has 0 saturated carbocycles. The predicted octanol–water partition coefficient (Wildman–Crippen LogP) is 2.98. The fourth-order valence-electron chi connectivity index (χ4n) is 2.68. The topological polar surface area (TPSA) is 88.8 Å². The Hall–Kier alpha value is -2.94. The van der Waals surface area contributed by atoms with Crippen molar-refractivity contribution in [3.8, 4) is 0 Å². The molecule has 0 spiro atoms. The molecule has 8 heteroatoms. The molecule has 1 atom stereocenters. The number of carbonyl (C=O) groups is 1. The van der Waals surface area contributed by atoms with Crippen molar-refractivity contribution in [1.82, 2.24) is 9.79 Å². The molecule has 0 aliphatic rings. The highest BCUT2D eigenvalue weighted by atomic mass is 32.2. The number of furan rings is 1. The Morgan fingerprint density at radius 2 is 1.82 bits per heavy atom. The van der Waals surface area contributed by atoms with Gasteiger partial charge < -0.3 is 9.73 Å². The van der Waals surface area contributed by atoms with E-state index in [1.54, 1.807) is 18.2 Å². The van der Waals surface area contributed by atoms with Gasteiger partial charge in [0.15, 0.2) is 0 Å². The summed E-state index contributed by atoms with van der Waals surface area (Å²) in [6.45, 7) is 0. The third kappa shape index (κ3) is 4.14. The van der Waals surface area contributed by atoms with Crippen LogP contribution < -0.4 is 5.32 Å². The first kappa shape index (κ1) is 19.8. The Balaban J connectivity index is 1.90. The standard InChI is InChI=1S/C20H20N2O5S/c1-22(26-2)28(24,25)17-11-6-10-16(14-17)20(23)21-19(18-12-7-13-27-18)15-8-4-3-5-9-15/h3-14,19H,1-2H3,(H,21,23). The first-order valence-corrected chi connectivity index (χ1v) is 9.90. The van der Waals surface area contributed by atoms with Gasteiger partial charge in [0.2, 0.25) is 0 Å². The summed E-state index contributed by atoms with van der Waals surface area (Å²) in [5, 5.41) is 2.90. The number of nitrogens with one attached hydrogen (secondary N) is 1. The fourth-order valence-corrected chi connectivity index (χ4v) is 3.70. The van der Waals surface area contributed by atoms with Crippen molar-refractivity contribution in [3.63, 3.8) is 0 Å². The van der Waals surface area contributed by atoms with Gasteiger partial charge in [-0.05, 0) is 35.9 Å². The summed E-state index contributed by atoms with van der Waals surface area (Å²) in [7, 11) is -1.32. The van der Waals surface area contributed by atoms with E-state index in [1.165, 1.54) is 38.6 Å². The van der Waals surface area contributed by atoms with Crippen molar-refractivity contribution < 1.29 is 22.5 Å². The zero-order valence-electron chi connectivity index (χ0n) is 15.4. The lowest BCUT2D eigenvalue weighted by atomic mass is 10.0. The van der Waals surface area contributed by atoms with Gasteiger partial charge in [-0.2, -0.15) is 0 Å². The quantitative estimate of drug-likeness (QED) is 0.616. The van der Waals surface area contributed by atoms with Crippen LogP contribution in [0.4, 0.5) is 0 Å². The number of carbonyl (C=O) groups excluding carboxylic acids is 1. The highest BCUT2D eigenvalue weighted by Gasteiger charge is 2.24. The molecule has 146 valence electrons. The molecule has 28 heavy (non-hydrogen) atoms. The van der Waals surface area contributed by atoms with E-state index in [1.807, 2.05) is 30.3 Å². The van der Waals surface area contributed by atoms with Crippen LogP contribution in [0.2, 0.25) is 0 Å². The van der Waals surface area contributed by atoms with Gasteiger partial charge in [-0.1, -0.05) is 40.9 Å². The maximum Gasteiger partial charge on any atom is 0.264 e. The number of hydrogen-bond donors (Lipinski definition) is 1. The monoisotopic (exact) mass is 400 g/mol. The molecular weight excluding hydrogens is 380 g/mol. The van der Waals surface area contributed by atoms with E-state index in [4.69, 9.17) is 9.25 Å². The molecule has 1 unspecified atom stereocenters. The minimum absolute atomic E-state index is 0.0428. The Morgan fingerprint density at radius 1 is 1.07 bits per heavy atom. The van der Waals surface area contributed by atoms with Gasteiger partial charge in [0.25, 0.3) is 15.9 Å². The molecule has 3 aromatic rings. The fraction of sp³-hybridized carbons (Fsp3) is 0.150. The van der Waals surface area contributed by atoms with Crippen LogP contribution in [0.25, 0.3) is 0 Å². The molecule has 0 fully saturated rings. The summed E-state index contributed by atoms with van der Waals surface area (Å²) in [4.78, 5) is 17.6. The van der Waals surface area contributed by atoms with E-state index >= 15 is 0 Å². The third-order valence-electron chi connectivity index (χ3n) is 4.23. The highest BCUT2D eigenvalue weighted by Crippen LogP contribution is 2.23. The summed E-state index contributed by atoms with van der Waals surface area (Å²) in [6, 6.07) is 18.1. The average Bonchev–Trinajstić information content (AvgIpc) is 3.26. The van der Waals surface area contributed by atoms with Gasteiger partial charge in [-0.15, -0.1) is 0 Å². The summed E-state index contributed by atoms with van der Waals surface area (Å²) in [5.41, 5.74) is 1.05. The second-order valence-electron chi connectivity index (χ2n) is 5.96. The minimum Gasteiger partial charge on any atom is -0.467 e. The highest BCUT2D eigenvalue weighted by molar-refractivity contribution is 7.89. The maximum absolute atomic E-state index is 12.8. The minimum atomic E-state index is -3.86. The van der Waals surface area contributed by atoms with Gasteiger partial charge in [-0.25, -0.2) is 8.42 Å². The maximum atomic E-state index is 12.8. The van der Waals surface area contributed by atoms with Crippen molar-refractivity contribution in [2.24, 2.45) is 0 Å². The van der Waals surface area contributed by atoms with E-state index in [0.717, 1.165) is 10.0 Å². The van der Waals surface area contributed by atoms with Crippen molar-refractivity contribution in [1.29, 1.82) is 0 Å².